The molecule has 1 atom stereocenters. The Kier molecular flexibility index (Phi) is 3.46. The predicted molar refractivity (Wildman–Crippen MR) is 83.5 cm³/mol. The second-order valence-corrected chi connectivity index (χ2v) is 8.79. The number of aromatic nitrogens is 2. The number of benzene rings is 1. The maximum atomic E-state index is 12.7. The average molecular weight is 358 g/mol. The zero-order valence-corrected chi connectivity index (χ0v) is 13.6. The molecule has 1 aromatic carbocycles. The molecule has 7 nitrogen and oxygen atoms in total. The zero-order valence-electron chi connectivity index (χ0n) is 11.1. The molecule has 0 fully saturated rings. The first kappa shape index (κ1) is 15.0. The average Bonchev–Trinajstić information content (AvgIpc) is 2.99. The lowest BCUT2D eigenvalue weighted by Crippen LogP contribution is -2.24. The molecular weight excluding hydrogens is 348 g/mol. The van der Waals surface area contributed by atoms with E-state index in [1.54, 1.807) is 24.3 Å². The topological polar surface area (TPSA) is 109 Å². The van der Waals surface area contributed by atoms with Crippen molar-refractivity contribution in [2.75, 3.05) is 6.26 Å². The summed E-state index contributed by atoms with van der Waals surface area (Å²) < 4.78 is 38.2. The highest BCUT2D eigenvalue weighted by atomic mass is 32.2. The van der Waals surface area contributed by atoms with Crippen LogP contribution in [0.15, 0.2) is 44.4 Å². The summed E-state index contributed by atoms with van der Waals surface area (Å²) >= 11 is 0.936. The molecule has 2 aromatic heterocycles. The SMILES string of the molecule is CS(=O)c1c(S(=O)(=O)n2cc(O)[nH]c2=O)sc2ccccc12. The summed E-state index contributed by atoms with van der Waals surface area (Å²) in [4.78, 5) is 13.8. The van der Waals surface area contributed by atoms with Gasteiger partial charge < -0.3 is 5.11 Å². The van der Waals surface area contributed by atoms with Gasteiger partial charge in [0.15, 0.2) is 4.21 Å². The fourth-order valence-electron chi connectivity index (χ4n) is 2.08. The van der Waals surface area contributed by atoms with Crippen LogP contribution >= 0.6 is 11.3 Å². The third kappa shape index (κ3) is 2.19. The van der Waals surface area contributed by atoms with Crippen molar-refractivity contribution in [3.63, 3.8) is 0 Å². The number of fused-ring (bicyclic) bond motifs is 1. The van der Waals surface area contributed by atoms with Gasteiger partial charge in [0.25, 0.3) is 10.0 Å². The van der Waals surface area contributed by atoms with Crippen molar-refractivity contribution in [1.82, 2.24) is 8.96 Å². The van der Waals surface area contributed by atoms with E-state index in [9.17, 15) is 22.5 Å². The van der Waals surface area contributed by atoms with Gasteiger partial charge in [-0.15, -0.1) is 11.3 Å². The summed E-state index contributed by atoms with van der Waals surface area (Å²) in [5.74, 6) is -0.561. The fraction of sp³-hybridized carbons (Fsp3) is 0.0833. The molecule has 1 unspecified atom stereocenters. The third-order valence-electron chi connectivity index (χ3n) is 2.98. The van der Waals surface area contributed by atoms with E-state index in [1.165, 1.54) is 6.26 Å². The van der Waals surface area contributed by atoms with Gasteiger partial charge in [0, 0.05) is 16.3 Å². The molecule has 3 aromatic rings. The summed E-state index contributed by atoms with van der Waals surface area (Å²) in [5.41, 5.74) is -0.984. The molecule has 0 saturated heterocycles. The van der Waals surface area contributed by atoms with E-state index in [-0.39, 0.29) is 9.10 Å². The molecular formula is C12H10N2O5S3. The summed E-state index contributed by atoms with van der Waals surface area (Å²) in [6, 6.07) is 6.85. The van der Waals surface area contributed by atoms with Gasteiger partial charge in [-0.25, -0.2) is 4.79 Å². The van der Waals surface area contributed by atoms with Gasteiger partial charge in [-0.3, -0.25) is 9.19 Å². The van der Waals surface area contributed by atoms with Crippen LogP contribution in [0.4, 0.5) is 0 Å². The standard InChI is InChI=1S/C12H10N2O5S3/c1-21(17)10-7-4-2-3-5-8(7)20-11(10)22(18,19)14-6-9(15)13-12(14)16/h2-6,15H,1H3,(H,13,16). The maximum Gasteiger partial charge on any atom is 0.342 e. The van der Waals surface area contributed by atoms with Gasteiger partial charge in [0.05, 0.1) is 21.9 Å². The molecule has 116 valence electrons. The minimum atomic E-state index is -4.25. The molecule has 0 aliphatic rings. The van der Waals surface area contributed by atoms with Crippen molar-refractivity contribution >= 4 is 42.2 Å². The van der Waals surface area contributed by atoms with Crippen molar-refractivity contribution in [2.45, 2.75) is 9.10 Å². The monoisotopic (exact) mass is 358 g/mol. The summed E-state index contributed by atoms with van der Waals surface area (Å²) in [6.45, 7) is 0. The Morgan fingerprint density at radius 1 is 1.32 bits per heavy atom. The first-order valence-corrected chi connectivity index (χ1v) is 9.75. The number of nitrogens with zero attached hydrogens (tertiary/aromatic N) is 1. The number of nitrogens with one attached hydrogen (secondary N) is 1. The van der Waals surface area contributed by atoms with Gasteiger partial charge in [0.2, 0.25) is 5.88 Å². The molecule has 0 saturated carbocycles. The highest BCUT2D eigenvalue weighted by Gasteiger charge is 2.29. The van der Waals surface area contributed by atoms with Gasteiger partial charge in [0.1, 0.15) is 0 Å². The first-order chi connectivity index (χ1) is 10.3. The van der Waals surface area contributed by atoms with E-state index >= 15 is 0 Å². The molecule has 3 rings (SSSR count). The minimum absolute atomic E-state index is 0.160. The van der Waals surface area contributed by atoms with E-state index in [0.29, 0.717) is 14.1 Å². The lowest BCUT2D eigenvalue weighted by Gasteiger charge is -2.03. The van der Waals surface area contributed by atoms with Crippen molar-refractivity contribution in [2.24, 2.45) is 0 Å². The van der Waals surface area contributed by atoms with Crippen LogP contribution < -0.4 is 5.69 Å². The highest BCUT2D eigenvalue weighted by Crippen LogP contribution is 2.37. The second-order valence-electron chi connectivity index (χ2n) is 4.41. The number of hydrogen-bond acceptors (Lipinski definition) is 6. The summed E-state index contributed by atoms with van der Waals surface area (Å²) in [7, 11) is -5.81. The lowest BCUT2D eigenvalue weighted by atomic mass is 10.3. The Morgan fingerprint density at radius 2 is 2.00 bits per heavy atom. The Balaban J connectivity index is 2.39. The van der Waals surface area contributed by atoms with Gasteiger partial charge in [-0.2, -0.15) is 12.4 Å². The van der Waals surface area contributed by atoms with E-state index in [0.717, 1.165) is 17.5 Å². The number of hydrogen-bond donors (Lipinski definition) is 2. The molecule has 0 bridgehead atoms. The molecule has 0 amide bonds. The highest BCUT2D eigenvalue weighted by molar-refractivity contribution is 7.93. The maximum absolute atomic E-state index is 12.7. The predicted octanol–water partition coefficient (Wildman–Crippen LogP) is 1.07. The van der Waals surface area contributed by atoms with Crippen LogP contribution in [0, 0.1) is 0 Å². The third-order valence-corrected chi connectivity index (χ3v) is 7.54. The Morgan fingerprint density at radius 3 is 2.59 bits per heavy atom. The smallest absolute Gasteiger partial charge is 0.342 e. The molecule has 0 spiro atoms. The number of thiophene rings is 1. The zero-order chi connectivity index (χ0) is 16.1. The van der Waals surface area contributed by atoms with Crippen LogP contribution in [0.1, 0.15) is 0 Å². The van der Waals surface area contributed by atoms with E-state index < -0.39 is 32.4 Å². The lowest BCUT2D eigenvalue weighted by molar-refractivity contribution is 0.455. The molecule has 22 heavy (non-hydrogen) atoms. The van der Waals surface area contributed by atoms with Gasteiger partial charge >= 0.3 is 5.69 Å². The first-order valence-electron chi connectivity index (χ1n) is 5.93. The van der Waals surface area contributed by atoms with Gasteiger partial charge in [-0.05, 0) is 6.07 Å². The summed E-state index contributed by atoms with van der Waals surface area (Å²) in [6.07, 6.45) is 2.16. The van der Waals surface area contributed by atoms with Crippen LogP contribution in [0.25, 0.3) is 10.1 Å². The normalized spacial score (nSPS) is 13.5. The van der Waals surface area contributed by atoms with Crippen LogP contribution in [0.2, 0.25) is 0 Å². The Hall–Kier alpha value is -1.91. The number of H-pyrrole nitrogens is 1. The number of aromatic hydroxyl groups is 1. The van der Waals surface area contributed by atoms with E-state index in [1.807, 2.05) is 4.98 Å². The molecule has 0 aliphatic heterocycles. The summed E-state index contributed by atoms with van der Waals surface area (Å²) in [5, 5.41) is 9.83. The fourth-order valence-corrected chi connectivity index (χ4v) is 6.79. The molecule has 10 heteroatoms. The minimum Gasteiger partial charge on any atom is -0.493 e. The number of imidazole rings is 1. The van der Waals surface area contributed by atoms with E-state index in [2.05, 4.69) is 0 Å². The van der Waals surface area contributed by atoms with Crippen LogP contribution in [0.5, 0.6) is 5.88 Å². The quantitative estimate of drug-likeness (QED) is 0.728. The van der Waals surface area contributed by atoms with Crippen LogP contribution in [-0.4, -0.2) is 32.9 Å². The van der Waals surface area contributed by atoms with E-state index in [4.69, 9.17) is 0 Å². The van der Waals surface area contributed by atoms with Crippen molar-refractivity contribution in [3.05, 3.63) is 40.9 Å². The van der Waals surface area contributed by atoms with Crippen LogP contribution in [-0.2, 0) is 20.8 Å². The second kappa shape index (κ2) is 5.07. The van der Waals surface area contributed by atoms with Crippen molar-refractivity contribution in [3.8, 4) is 5.88 Å². The molecule has 2 N–H and O–H groups in total. The van der Waals surface area contributed by atoms with Crippen molar-refractivity contribution in [1.29, 1.82) is 0 Å². The van der Waals surface area contributed by atoms with Crippen LogP contribution in [0.3, 0.4) is 0 Å². The largest absolute Gasteiger partial charge is 0.493 e. The van der Waals surface area contributed by atoms with Gasteiger partial charge in [-0.1, -0.05) is 18.2 Å². The Bertz CT molecular complexity index is 1060. The molecule has 2 heterocycles. The molecule has 0 radical (unpaired) electrons. The van der Waals surface area contributed by atoms with Crippen molar-refractivity contribution < 1.29 is 17.7 Å². The number of rotatable bonds is 3. The Labute approximate surface area is 131 Å². The molecule has 0 aliphatic carbocycles. The number of aromatic amines is 1.